The number of aromatic hydroxyl groups is 1. The average Bonchev–Trinajstić information content (AvgIpc) is 2.80. The van der Waals surface area contributed by atoms with Gasteiger partial charge in [0.2, 0.25) is 0 Å². The highest BCUT2D eigenvalue weighted by Crippen LogP contribution is 2.27. The summed E-state index contributed by atoms with van der Waals surface area (Å²) in [5.74, 6) is 0.127. The third-order valence-electron chi connectivity index (χ3n) is 3.65. The van der Waals surface area contributed by atoms with Gasteiger partial charge in [0.15, 0.2) is 5.88 Å². The molecule has 2 N–H and O–H groups in total. The molecular formula is C15H18ClN3O2. The first-order valence-electron chi connectivity index (χ1n) is 7.04. The van der Waals surface area contributed by atoms with E-state index in [2.05, 4.69) is 14.9 Å². The maximum atomic E-state index is 9.96. The Hall–Kier alpha value is -1.56. The standard InChI is InChI=1S/C15H18ClN3O2/c16-11-1-2-14-12(9-11)13(15(20)18-14)10-17-3-4-19-5-7-21-8-6-19/h1-2,9-10,18,20H,3-8H2. The first-order chi connectivity index (χ1) is 10.2. The molecule has 2 aromatic rings. The number of aromatic amines is 1. The minimum absolute atomic E-state index is 0.127. The summed E-state index contributed by atoms with van der Waals surface area (Å²) in [5.41, 5.74) is 1.54. The van der Waals surface area contributed by atoms with Crippen LogP contribution in [0.3, 0.4) is 0 Å². The molecule has 112 valence electrons. The van der Waals surface area contributed by atoms with Crippen LogP contribution in [0.5, 0.6) is 5.88 Å². The van der Waals surface area contributed by atoms with Crippen LogP contribution in [0, 0.1) is 0 Å². The predicted octanol–water partition coefficient (Wildman–Crippen LogP) is 2.28. The summed E-state index contributed by atoms with van der Waals surface area (Å²) in [6.45, 7) is 5.13. The van der Waals surface area contributed by atoms with Crippen molar-refractivity contribution in [2.75, 3.05) is 39.4 Å². The normalized spacial score (nSPS) is 17.0. The van der Waals surface area contributed by atoms with Crippen molar-refractivity contribution in [3.8, 4) is 5.88 Å². The molecule has 21 heavy (non-hydrogen) atoms. The number of benzene rings is 1. The molecular weight excluding hydrogens is 290 g/mol. The van der Waals surface area contributed by atoms with Crippen molar-refractivity contribution < 1.29 is 9.84 Å². The average molecular weight is 308 g/mol. The third-order valence-corrected chi connectivity index (χ3v) is 3.88. The van der Waals surface area contributed by atoms with Crippen molar-refractivity contribution in [1.82, 2.24) is 9.88 Å². The van der Waals surface area contributed by atoms with Gasteiger partial charge in [0.25, 0.3) is 0 Å². The first-order valence-corrected chi connectivity index (χ1v) is 7.42. The molecule has 6 heteroatoms. The fraction of sp³-hybridized carbons (Fsp3) is 0.400. The molecule has 0 aliphatic carbocycles. The van der Waals surface area contributed by atoms with Crippen LogP contribution in [0.2, 0.25) is 5.02 Å². The topological polar surface area (TPSA) is 60.8 Å². The number of aromatic nitrogens is 1. The molecule has 0 atom stereocenters. The molecule has 5 nitrogen and oxygen atoms in total. The monoisotopic (exact) mass is 307 g/mol. The lowest BCUT2D eigenvalue weighted by Gasteiger charge is -2.25. The largest absolute Gasteiger partial charge is 0.494 e. The van der Waals surface area contributed by atoms with Gasteiger partial charge in [0.05, 0.1) is 25.3 Å². The Kier molecular flexibility index (Phi) is 4.43. The van der Waals surface area contributed by atoms with Crippen LogP contribution in [0.1, 0.15) is 5.56 Å². The molecule has 0 amide bonds. The Morgan fingerprint density at radius 1 is 1.38 bits per heavy atom. The molecule has 0 saturated carbocycles. The zero-order valence-corrected chi connectivity index (χ0v) is 12.4. The van der Waals surface area contributed by atoms with Crippen LogP contribution >= 0.6 is 11.6 Å². The predicted molar refractivity (Wildman–Crippen MR) is 84.7 cm³/mol. The highest BCUT2D eigenvalue weighted by molar-refractivity contribution is 6.31. The van der Waals surface area contributed by atoms with Gasteiger partial charge in [-0.25, -0.2) is 0 Å². The van der Waals surface area contributed by atoms with Gasteiger partial charge in [0, 0.05) is 41.8 Å². The lowest BCUT2D eigenvalue weighted by Crippen LogP contribution is -2.37. The summed E-state index contributed by atoms with van der Waals surface area (Å²) < 4.78 is 5.31. The summed E-state index contributed by atoms with van der Waals surface area (Å²) in [7, 11) is 0. The van der Waals surface area contributed by atoms with E-state index in [4.69, 9.17) is 16.3 Å². The van der Waals surface area contributed by atoms with Gasteiger partial charge in [-0.3, -0.25) is 9.89 Å². The van der Waals surface area contributed by atoms with E-state index in [1.54, 1.807) is 12.3 Å². The maximum absolute atomic E-state index is 9.96. The van der Waals surface area contributed by atoms with Crippen LogP contribution in [-0.2, 0) is 4.74 Å². The van der Waals surface area contributed by atoms with Gasteiger partial charge < -0.3 is 14.8 Å². The Labute approximate surface area is 128 Å². The van der Waals surface area contributed by atoms with Gasteiger partial charge in [-0.2, -0.15) is 0 Å². The summed E-state index contributed by atoms with van der Waals surface area (Å²) in [5, 5.41) is 11.5. The summed E-state index contributed by atoms with van der Waals surface area (Å²) in [6, 6.07) is 5.47. The molecule has 1 fully saturated rings. The number of rotatable bonds is 4. The van der Waals surface area contributed by atoms with Crippen molar-refractivity contribution >= 4 is 28.7 Å². The molecule has 1 saturated heterocycles. The van der Waals surface area contributed by atoms with E-state index in [1.807, 2.05) is 12.1 Å². The molecule has 0 spiro atoms. The summed E-state index contributed by atoms with van der Waals surface area (Å²) in [4.78, 5) is 9.67. The Morgan fingerprint density at radius 3 is 3.00 bits per heavy atom. The van der Waals surface area contributed by atoms with Crippen LogP contribution < -0.4 is 0 Å². The number of halogens is 1. The van der Waals surface area contributed by atoms with E-state index in [0.717, 1.165) is 43.8 Å². The van der Waals surface area contributed by atoms with Gasteiger partial charge in [-0.1, -0.05) is 11.6 Å². The van der Waals surface area contributed by atoms with Crippen molar-refractivity contribution in [1.29, 1.82) is 0 Å². The number of nitrogens with zero attached hydrogens (tertiary/aromatic N) is 2. The SMILES string of the molecule is Oc1[nH]c2ccc(Cl)cc2c1C=NCCN1CCOCC1. The van der Waals surface area contributed by atoms with Crippen LogP contribution in [0.4, 0.5) is 0 Å². The quantitative estimate of drug-likeness (QED) is 0.852. The van der Waals surface area contributed by atoms with Crippen LogP contribution in [0.25, 0.3) is 10.9 Å². The second kappa shape index (κ2) is 6.47. The summed E-state index contributed by atoms with van der Waals surface area (Å²) >= 11 is 6.00. The first kappa shape index (κ1) is 14.4. The fourth-order valence-electron chi connectivity index (χ4n) is 2.48. The van der Waals surface area contributed by atoms with E-state index >= 15 is 0 Å². The minimum Gasteiger partial charge on any atom is -0.494 e. The fourth-order valence-corrected chi connectivity index (χ4v) is 2.65. The lowest BCUT2D eigenvalue weighted by atomic mass is 10.2. The molecule has 1 aromatic carbocycles. The molecule has 2 heterocycles. The molecule has 1 aliphatic heterocycles. The molecule has 0 unspecified atom stereocenters. The molecule has 1 aromatic heterocycles. The second-order valence-electron chi connectivity index (χ2n) is 5.07. The maximum Gasteiger partial charge on any atom is 0.198 e. The number of aliphatic imine (C=N–C) groups is 1. The number of hydrogen-bond donors (Lipinski definition) is 2. The Bertz CT molecular complexity index is 648. The van der Waals surface area contributed by atoms with Crippen molar-refractivity contribution in [3.05, 3.63) is 28.8 Å². The van der Waals surface area contributed by atoms with Crippen molar-refractivity contribution in [2.45, 2.75) is 0 Å². The van der Waals surface area contributed by atoms with Crippen LogP contribution in [-0.4, -0.2) is 60.6 Å². The second-order valence-corrected chi connectivity index (χ2v) is 5.50. The summed E-state index contributed by atoms with van der Waals surface area (Å²) in [6.07, 6.45) is 1.71. The van der Waals surface area contributed by atoms with Gasteiger partial charge >= 0.3 is 0 Å². The van der Waals surface area contributed by atoms with E-state index in [9.17, 15) is 5.11 Å². The van der Waals surface area contributed by atoms with E-state index in [-0.39, 0.29) is 5.88 Å². The Morgan fingerprint density at radius 2 is 2.19 bits per heavy atom. The molecule has 0 radical (unpaired) electrons. The molecule has 1 aliphatic rings. The smallest absolute Gasteiger partial charge is 0.198 e. The van der Waals surface area contributed by atoms with Crippen molar-refractivity contribution in [2.24, 2.45) is 4.99 Å². The number of ether oxygens (including phenoxy) is 1. The zero-order valence-electron chi connectivity index (χ0n) is 11.7. The number of H-pyrrole nitrogens is 1. The van der Waals surface area contributed by atoms with Crippen molar-refractivity contribution in [3.63, 3.8) is 0 Å². The highest BCUT2D eigenvalue weighted by atomic mass is 35.5. The lowest BCUT2D eigenvalue weighted by molar-refractivity contribution is 0.0395. The number of hydrogen-bond acceptors (Lipinski definition) is 4. The van der Waals surface area contributed by atoms with E-state index in [0.29, 0.717) is 17.1 Å². The highest BCUT2D eigenvalue weighted by Gasteiger charge is 2.10. The Balaban J connectivity index is 1.67. The van der Waals surface area contributed by atoms with E-state index in [1.165, 1.54) is 0 Å². The van der Waals surface area contributed by atoms with Gasteiger partial charge in [-0.05, 0) is 18.2 Å². The zero-order chi connectivity index (χ0) is 14.7. The third kappa shape index (κ3) is 3.37. The van der Waals surface area contributed by atoms with Crippen LogP contribution in [0.15, 0.2) is 23.2 Å². The molecule has 0 bridgehead atoms. The van der Waals surface area contributed by atoms with E-state index < -0.39 is 0 Å². The van der Waals surface area contributed by atoms with Gasteiger partial charge in [0.1, 0.15) is 0 Å². The number of nitrogens with one attached hydrogen (secondary N) is 1. The van der Waals surface area contributed by atoms with Gasteiger partial charge in [-0.15, -0.1) is 0 Å². The number of fused-ring (bicyclic) bond motifs is 1. The molecule has 3 rings (SSSR count). The minimum atomic E-state index is 0.127. The number of morpholine rings is 1.